The number of fused-ring (bicyclic) bond motifs is 1. The molecule has 13 heteroatoms. The number of likely N-dealkylation sites (tertiary alicyclic amines) is 1. The van der Waals surface area contributed by atoms with E-state index >= 15 is 0 Å². The molecular formula is C27H30ClN9O3. The summed E-state index contributed by atoms with van der Waals surface area (Å²) >= 11 is 6.10. The lowest BCUT2D eigenvalue weighted by Gasteiger charge is -2.33. The van der Waals surface area contributed by atoms with E-state index in [9.17, 15) is 10.1 Å². The molecule has 0 aliphatic carbocycles. The maximum Gasteiger partial charge on any atom is 0.410 e. The molecule has 5 rings (SSSR count). The Bertz CT molecular complexity index is 1590. The molecule has 12 nitrogen and oxygen atoms in total. The number of piperidine rings is 1. The van der Waals surface area contributed by atoms with Crippen LogP contribution in [-0.2, 0) is 4.74 Å². The lowest BCUT2D eigenvalue weighted by molar-refractivity contribution is 0.0183. The number of aromatic nitrogens is 7. The first-order valence-corrected chi connectivity index (χ1v) is 13.4. The third-order valence-electron chi connectivity index (χ3n) is 6.70. The fourth-order valence-electron chi connectivity index (χ4n) is 4.75. The first kappa shape index (κ1) is 27.3. The van der Waals surface area contributed by atoms with Crippen molar-refractivity contribution in [3.8, 4) is 23.2 Å². The van der Waals surface area contributed by atoms with Gasteiger partial charge in [-0.2, -0.15) is 15.5 Å². The summed E-state index contributed by atoms with van der Waals surface area (Å²) in [5.74, 6) is 0.399. The number of ether oxygens (including phenoxy) is 2. The molecule has 0 bridgehead atoms. The van der Waals surface area contributed by atoms with E-state index in [1.165, 1.54) is 12.4 Å². The smallest absolute Gasteiger partial charge is 0.410 e. The summed E-state index contributed by atoms with van der Waals surface area (Å²) in [4.78, 5) is 18.6. The van der Waals surface area contributed by atoms with Crippen molar-refractivity contribution in [2.24, 2.45) is 0 Å². The Labute approximate surface area is 236 Å². The van der Waals surface area contributed by atoms with Crippen molar-refractivity contribution in [2.75, 3.05) is 13.1 Å². The van der Waals surface area contributed by atoms with Crippen molar-refractivity contribution in [3.63, 3.8) is 0 Å². The predicted molar refractivity (Wildman–Crippen MR) is 146 cm³/mol. The van der Waals surface area contributed by atoms with Crippen molar-refractivity contribution in [1.29, 1.82) is 5.26 Å². The minimum absolute atomic E-state index is 0.0948. The van der Waals surface area contributed by atoms with Crippen LogP contribution in [0, 0.1) is 18.3 Å². The van der Waals surface area contributed by atoms with Gasteiger partial charge in [0.25, 0.3) is 0 Å². The molecule has 4 aromatic rings. The van der Waals surface area contributed by atoms with Gasteiger partial charge in [-0.15, -0.1) is 5.10 Å². The van der Waals surface area contributed by atoms with E-state index < -0.39 is 11.7 Å². The fourth-order valence-corrected chi connectivity index (χ4v) is 4.91. The number of pyridine rings is 1. The number of amides is 1. The van der Waals surface area contributed by atoms with E-state index in [-0.39, 0.29) is 12.1 Å². The highest BCUT2D eigenvalue weighted by Gasteiger charge is 2.29. The summed E-state index contributed by atoms with van der Waals surface area (Å²) in [5, 5.41) is 27.1. The maximum absolute atomic E-state index is 12.5. The largest absolute Gasteiger partial charge is 0.469 e. The Kier molecular flexibility index (Phi) is 7.33. The topological polar surface area (TPSA) is 136 Å². The molecule has 1 saturated heterocycles. The van der Waals surface area contributed by atoms with Crippen LogP contribution in [0.15, 0.2) is 30.6 Å². The van der Waals surface area contributed by atoms with Gasteiger partial charge in [-0.05, 0) is 59.6 Å². The number of hydrogen-bond acceptors (Lipinski definition) is 9. The van der Waals surface area contributed by atoms with E-state index in [0.717, 1.165) is 24.1 Å². The molecule has 208 valence electrons. The van der Waals surface area contributed by atoms with Gasteiger partial charge in [0.05, 0.1) is 29.2 Å². The molecule has 4 aromatic heterocycles. The van der Waals surface area contributed by atoms with Crippen LogP contribution < -0.4 is 4.74 Å². The van der Waals surface area contributed by atoms with Crippen molar-refractivity contribution < 1.29 is 14.3 Å². The van der Waals surface area contributed by atoms with Crippen molar-refractivity contribution in [2.45, 2.75) is 65.2 Å². The highest BCUT2D eigenvalue weighted by Crippen LogP contribution is 2.33. The maximum atomic E-state index is 12.5. The standard InChI is InChI=1S/C27H30ClN9O3/c1-16-25(33-34-37(16)20-6-8-35(9-7-20)26(38)40-27(3,4)5)18-10-23-30-15-21(13-29)36(23)24(11-18)39-17(2)22-12-19(28)14-31-32-22/h10-12,14-15,17,20H,6-9H2,1-5H3. The van der Waals surface area contributed by atoms with Gasteiger partial charge < -0.3 is 14.4 Å². The summed E-state index contributed by atoms with van der Waals surface area (Å²) in [6, 6.07) is 7.60. The molecule has 1 amide bonds. The predicted octanol–water partition coefficient (Wildman–Crippen LogP) is 4.93. The van der Waals surface area contributed by atoms with Crippen molar-refractivity contribution >= 4 is 23.3 Å². The number of carbonyl (C=O) groups excluding carboxylic acids is 1. The van der Waals surface area contributed by atoms with E-state index in [0.29, 0.717) is 46.7 Å². The number of carbonyl (C=O) groups is 1. The SMILES string of the molecule is Cc1c(-c2cc(OC(C)c3cc(Cl)cnn3)n3c(C#N)cnc3c2)nnn1C1CCN(C(=O)OC(C)(C)C)CC1. The first-order valence-electron chi connectivity index (χ1n) is 13.0. The van der Waals surface area contributed by atoms with Gasteiger partial charge >= 0.3 is 6.09 Å². The van der Waals surface area contributed by atoms with E-state index in [4.69, 9.17) is 21.1 Å². The molecule has 40 heavy (non-hydrogen) atoms. The molecule has 0 spiro atoms. The molecule has 0 N–H and O–H groups in total. The highest BCUT2D eigenvalue weighted by molar-refractivity contribution is 6.30. The zero-order chi connectivity index (χ0) is 28.6. The van der Waals surface area contributed by atoms with Gasteiger partial charge in [0.2, 0.25) is 5.88 Å². The third-order valence-corrected chi connectivity index (χ3v) is 6.91. The molecular weight excluding hydrogens is 534 g/mol. The number of halogens is 1. The van der Waals surface area contributed by atoms with Crippen molar-refractivity contribution in [3.05, 3.63) is 52.7 Å². The summed E-state index contributed by atoms with van der Waals surface area (Å²) in [5.41, 5.74) is 3.19. The second-order valence-corrected chi connectivity index (χ2v) is 11.2. The average Bonchev–Trinajstić information content (AvgIpc) is 3.51. The monoisotopic (exact) mass is 563 g/mol. The van der Waals surface area contributed by atoms with E-state index in [1.807, 2.05) is 51.4 Å². The summed E-state index contributed by atoms with van der Waals surface area (Å²) in [7, 11) is 0. The molecule has 5 heterocycles. The van der Waals surface area contributed by atoms with Gasteiger partial charge in [0.15, 0.2) is 0 Å². The number of imidazole rings is 1. The van der Waals surface area contributed by atoms with Crippen LogP contribution in [0.1, 0.15) is 69.8 Å². The third kappa shape index (κ3) is 5.56. The lowest BCUT2D eigenvalue weighted by atomic mass is 10.0. The van der Waals surface area contributed by atoms with Gasteiger partial charge in [0.1, 0.15) is 40.5 Å². The summed E-state index contributed by atoms with van der Waals surface area (Å²) in [6.07, 6.45) is 3.62. The van der Waals surface area contributed by atoms with Crippen LogP contribution in [0.2, 0.25) is 5.02 Å². The molecule has 1 aliphatic rings. The summed E-state index contributed by atoms with van der Waals surface area (Å²) in [6.45, 7) is 10.5. The van der Waals surface area contributed by atoms with Crippen molar-refractivity contribution in [1.82, 2.24) is 39.5 Å². The zero-order valence-electron chi connectivity index (χ0n) is 23.0. The first-order chi connectivity index (χ1) is 19.0. The quantitative estimate of drug-likeness (QED) is 0.331. The lowest BCUT2D eigenvalue weighted by Crippen LogP contribution is -2.42. The van der Waals surface area contributed by atoms with Crippen LogP contribution in [0.4, 0.5) is 4.79 Å². The molecule has 0 radical (unpaired) electrons. The Balaban J connectivity index is 1.41. The number of nitrogens with zero attached hydrogens (tertiary/aromatic N) is 9. The highest BCUT2D eigenvalue weighted by atomic mass is 35.5. The Hall–Kier alpha value is -4.24. The summed E-state index contributed by atoms with van der Waals surface area (Å²) < 4.78 is 15.4. The zero-order valence-corrected chi connectivity index (χ0v) is 23.8. The molecule has 0 aromatic carbocycles. The van der Waals surface area contributed by atoms with Gasteiger partial charge in [0, 0.05) is 24.7 Å². The van der Waals surface area contributed by atoms with Crippen LogP contribution in [-0.4, -0.2) is 64.3 Å². The molecule has 1 atom stereocenters. The van der Waals surface area contributed by atoms with Gasteiger partial charge in [-0.3, -0.25) is 4.40 Å². The van der Waals surface area contributed by atoms with Crippen LogP contribution >= 0.6 is 11.6 Å². The van der Waals surface area contributed by atoms with Crippen LogP contribution in [0.3, 0.4) is 0 Å². The molecule has 0 saturated carbocycles. The van der Waals surface area contributed by atoms with E-state index in [1.54, 1.807) is 15.4 Å². The minimum Gasteiger partial charge on any atom is -0.469 e. The van der Waals surface area contributed by atoms with Crippen LogP contribution in [0.5, 0.6) is 5.88 Å². The fraction of sp³-hybridized carbons (Fsp3) is 0.444. The van der Waals surface area contributed by atoms with Gasteiger partial charge in [-0.1, -0.05) is 16.8 Å². The number of hydrogen-bond donors (Lipinski definition) is 0. The number of nitriles is 1. The molecule has 1 unspecified atom stereocenters. The molecule has 1 fully saturated rings. The Morgan fingerprint density at radius 1 is 1.18 bits per heavy atom. The Morgan fingerprint density at radius 2 is 1.93 bits per heavy atom. The number of rotatable bonds is 5. The molecule has 1 aliphatic heterocycles. The second-order valence-electron chi connectivity index (χ2n) is 10.8. The van der Waals surface area contributed by atoms with E-state index in [2.05, 4.69) is 31.6 Å². The Morgan fingerprint density at radius 3 is 2.60 bits per heavy atom. The van der Waals surface area contributed by atoms with Crippen LogP contribution in [0.25, 0.3) is 16.9 Å². The normalized spacial score (nSPS) is 15.2. The van der Waals surface area contributed by atoms with Gasteiger partial charge in [-0.25, -0.2) is 14.5 Å². The average molecular weight is 564 g/mol. The minimum atomic E-state index is -0.531. The second kappa shape index (κ2) is 10.7.